The Hall–Kier alpha value is -2.83. The summed E-state index contributed by atoms with van der Waals surface area (Å²) in [4.78, 5) is 34.3. The number of benzene rings is 1. The Bertz CT molecular complexity index is 603. The maximum Gasteiger partial charge on any atom is 0.408 e. The molecule has 23 heavy (non-hydrogen) atoms. The van der Waals surface area contributed by atoms with Crippen LogP contribution >= 0.6 is 0 Å². The average Bonchev–Trinajstić information content (AvgIpc) is 2.43. The number of aliphatic carboxylic acids is 1. The van der Waals surface area contributed by atoms with E-state index in [-0.39, 0.29) is 5.70 Å². The number of hydrogen-bond donors (Lipinski definition) is 3. The Morgan fingerprint density at radius 2 is 1.78 bits per heavy atom. The summed E-state index contributed by atoms with van der Waals surface area (Å²) >= 11 is 0. The number of carboxylic acid groups (broad SMARTS) is 1. The van der Waals surface area contributed by atoms with Crippen LogP contribution in [0.15, 0.2) is 36.0 Å². The molecule has 0 heterocycles. The molecule has 2 amide bonds. The summed E-state index contributed by atoms with van der Waals surface area (Å²) in [6.07, 6.45) is 0.574. The Labute approximate surface area is 134 Å². The van der Waals surface area contributed by atoms with Gasteiger partial charge in [0, 0.05) is 0 Å². The van der Waals surface area contributed by atoms with Crippen LogP contribution in [-0.2, 0) is 14.3 Å². The molecule has 0 spiro atoms. The minimum absolute atomic E-state index is 0.285. The quantitative estimate of drug-likeness (QED) is 0.717. The lowest BCUT2D eigenvalue weighted by Gasteiger charge is -2.19. The van der Waals surface area contributed by atoms with Crippen LogP contribution in [0.3, 0.4) is 0 Å². The number of carbonyl (C=O) groups is 3. The SMILES string of the molecule is CC(C)(C)OC(=O)NCC(=O)N/C(=C/c1ccccc1)C(=O)O. The van der Waals surface area contributed by atoms with Gasteiger partial charge in [-0.25, -0.2) is 9.59 Å². The third-order valence-corrected chi connectivity index (χ3v) is 2.41. The van der Waals surface area contributed by atoms with E-state index in [0.717, 1.165) is 0 Å². The third-order valence-electron chi connectivity index (χ3n) is 2.41. The second-order valence-electron chi connectivity index (χ2n) is 5.68. The van der Waals surface area contributed by atoms with Gasteiger partial charge in [-0.1, -0.05) is 30.3 Å². The fraction of sp³-hybridized carbons (Fsp3) is 0.312. The van der Waals surface area contributed by atoms with Crippen molar-refractivity contribution in [1.29, 1.82) is 0 Å². The van der Waals surface area contributed by atoms with Gasteiger partial charge in [-0.05, 0) is 32.4 Å². The normalized spacial score (nSPS) is 11.5. The van der Waals surface area contributed by atoms with E-state index in [4.69, 9.17) is 9.84 Å². The van der Waals surface area contributed by atoms with Gasteiger partial charge >= 0.3 is 12.1 Å². The summed E-state index contributed by atoms with van der Waals surface area (Å²) in [6, 6.07) is 8.69. The van der Waals surface area contributed by atoms with Crippen LogP contribution in [0.5, 0.6) is 0 Å². The molecule has 0 aromatic heterocycles. The summed E-state index contributed by atoms with van der Waals surface area (Å²) in [7, 11) is 0. The fourth-order valence-electron chi connectivity index (χ4n) is 1.53. The Balaban J connectivity index is 2.61. The van der Waals surface area contributed by atoms with Gasteiger partial charge in [0.25, 0.3) is 0 Å². The molecule has 0 saturated carbocycles. The van der Waals surface area contributed by atoms with Crippen LogP contribution in [0.25, 0.3) is 6.08 Å². The predicted molar refractivity (Wildman–Crippen MR) is 84.4 cm³/mol. The second-order valence-corrected chi connectivity index (χ2v) is 5.68. The lowest BCUT2D eigenvalue weighted by Crippen LogP contribution is -2.40. The molecule has 0 aliphatic heterocycles. The molecule has 1 rings (SSSR count). The van der Waals surface area contributed by atoms with Crippen LogP contribution in [0.1, 0.15) is 26.3 Å². The van der Waals surface area contributed by atoms with Crippen molar-refractivity contribution in [3.63, 3.8) is 0 Å². The van der Waals surface area contributed by atoms with Gasteiger partial charge in [0.05, 0.1) is 0 Å². The standard InChI is InChI=1S/C16H20N2O5/c1-16(2,3)23-15(22)17-10-13(19)18-12(14(20)21)9-11-7-5-4-6-8-11/h4-9H,10H2,1-3H3,(H,17,22)(H,18,19)(H,20,21)/b12-9+. The number of nitrogens with one attached hydrogen (secondary N) is 2. The molecule has 0 radical (unpaired) electrons. The Kier molecular flexibility index (Phi) is 6.32. The van der Waals surface area contributed by atoms with Crippen molar-refractivity contribution in [2.24, 2.45) is 0 Å². The topological polar surface area (TPSA) is 105 Å². The van der Waals surface area contributed by atoms with Crippen molar-refractivity contribution in [2.75, 3.05) is 6.54 Å². The second kappa shape index (κ2) is 7.98. The molecule has 0 atom stereocenters. The van der Waals surface area contributed by atoms with Gasteiger partial charge < -0.3 is 20.5 Å². The highest BCUT2D eigenvalue weighted by Crippen LogP contribution is 2.06. The molecule has 3 N–H and O–H groups in total. The number of rotatable bonds is 5. The molecule has 124 valence electrons. The number of alkyl carbamates (subject to hydrolysis) is 1. The monoisotopic (exact) mass is 320 g/mol. The van der Waals surface area contributed by atoms with E-state index in [2.05, 4.69) is 10.6 Å². The fourth-order valence-corrected chi connectivity index (χ4v) is 1.53. The summed E-state index contributed by atoms with van der Waals surface area (Å²) in [5.74, 6) is -1.94. The van der Waals surface area contributed by atoms with E-state index in [1.807, 2.05) is 0 Å². The lowest BCUT2D eigenvalue weighted by molar-refractivity contribution is -0.134. The molecule has 0 fully saturated rings. The third kappa shape index (κ3) is 7.66. The number of amides is 2. The lowest BCUT2D eigenvalue weighted by atomic mass is 10.2. The highest BCUT2D eigenvalue weighted by atomic mass is 16.6. The Morgan fingerprint density at radius 3 is 2.30 bits per heavy atom. The molecule has 7 nitrogen and oxygen atoms in total. The van der Waals surface area contributed by atoms with E-state index < -0.39 is 30.1 Å². The first-order valence-electron chi connectivity index (χ1n) is 6.94. The zero-order chi connectivity index (χ0) is 17.5. The van der Waals surface area contributed by atoms with E-state index in [1.165, 1.54) is 6.08 Å². The first-order valence-corrected chi connectivity index (χ1v) is 6.94. The molecule has 0 aliphatic carbocycles. The average molecular weight is 320 g/mol. The first kappa shape index (κ1) is 18.2. The predicted octanol–water partition coefficient (Wildman–Crippen LogP) is 1.75. The summed E-state index contributed by atoms with van der Waals surface area (Å²) < 4.78 is 4.98. The van der Waals surface area contributed by atoms with Crippen molar-refractivity contribution in [1.82, 2.24) is 10.6 Å². The maximum atomic E-state index is 11.7. The van der Waals surface area contributed by atoms with Crippen molar-refractivity contribution < 1.29 is 24.2 Å². The highest BCUT2D eigenvalue weighted by molar-refractivity contribution is 5.97. The van der Waals surface area contributed by atoms with Crippen LogP contribution < -0.4 is 10.6 Å². The number of carboxylic acids is 1. The minimum atomic E-state index is -1.28. The zero-order valence-electron chi connectivity index (χ0n) is 13.3. The summed E-state index contributed by atoms with van der Waals surface area (Å²) in [5, 5.41) is 13.6. The maximum absolute atomic E-state index is 11.7. The summed E-state index contributed by atoms with van der Waals surface area (Å²) in [5.41, 5.74) is -0.336. The van der Waals surface area contributed by atoms with E-state index in [9.17, 15) is 14.4 Å². The van der Waals surface area contributed by atoms with Crippen LogP contribution in [0.2, 0.25) is 0 Å². The van der Waals surface area contributed by atoms with Gasteiger partial charge in [0.1, 0.15) is 17.8 Å². The molecule has 0 unspecified atom stereocenters. The van der Waals surface area contributed by atoms with E-state index >= 15 is 0 Å². The van der Waals surface area contributed by atoms with Gasteiger partial charge in [0.2, 0.25) is 5.91 Å². The van der Waals surface area contributed by atoms with Crippen LogP contribution in [-0.4, -0.2) is 35.2 Å². The van der Waals surface area contributed by atoms with Crippen LogP contribution in [0.4, 0.5) is 4.79 Å². The molecule has 0 saturated heterocycles. The van der Waals surface area contributed by atoms with Gasteiger partial charge in [-0.2, -0.15) is 0 Å². The first-order chi connectivity index (χ1) is 10.7. The van der Waals surface area contributed by atoms with Crippen LogP contribution in [0, 0.1) is 0 Å². The molecule has 0 aliphatic rings. The van der Waals surface area contributed by atoms with Gasteiger partial charge in [-0.15, -0.1) is 0 Å². The Morgan fingerprint density at radius 1 is 1.17 bits per heavy atom. The molecular formula is C16H20N2O5. The minimum Gasteiger partial charge on any atom is -0.477 e. The molecule has 0 bridgehead atoms. The van der Waals surface area contributed by atoms with E-state index in [1.54, 1.807) is 51.1 Å². The van der Waals surface area contributed by atoms with Gasteiger partial charge in [-0.3, -0.25) is 4.79 Å². The van der Waals surface area contributed by atoms with Crippen molar-refractivity contribution in [3.05, 3.63) is 41.6 Å². The van der Waals surface area contributed by atoms with Gasteiger partial charge in [0.15, 0.2) is 0 Å². The summed E-state index contributed by atoms with van der Waals surface area (Å²) in [6.45, 7) is 4.68. The van der Waals surface area contributed by atoms with Crippen molar-refractivity contribution in [3.8, 4) is 0 Å². The van der Waals surface area contributed by atoms with Crippen molar-refractivity contribution >= 4 is 24.0 Å². The number of hydrogen-bond acceptors (Lipinski definition) is 4. The molecule has 1 aromatic carbocycles. The smallest absolute Gasteiger partial charge is 0.408 e. The molecular weight excluding hydrogens is 300 g/mol. The number of ether oxygens (including phenoxy) is 1. The van der Waals surface area contributed by atoms with Crippen molar-refractivity contribution in [2.45, 2.75) is 26.4 Å². The molecule has 1 aromatic rings. The molecule has 7 heteroatoms. The highest BCUT2D eigenvalue weighted by Gasteiger charge is 2.17. The van der Waals surface area contributed by atoms with E-state index in [0.29, 0.717) is 5.56 Å². The number of carbonyl (C=O) groups excluding carboxylic acids is 2. The zero-order valence-corrected chi connectivity index (χ0v) is 13.3. The largest absolute Gasteiger partial charge is 0.477 e.